The highest BCUT2D eigenvalue weighted by Crippen LogP contribution is 2.23. The maximum absolute atomic E-state index is 9.37. The largest absolute Gasteiger partial charge is 0.393 e. The first kappa shape index (κ1) is 13.8. The Labute approximate surface area is 115 Å². The molecule has 0 fully saturated rings. The lowest BCUT2D eigenvalue weighted by Gasteiger charge is -2.08. The van der Waals surface area contributed by atoms with Gasteiger partial charge in [0, 0.05) is 0 Å². The van der Waals surface area contributed by atoms with Crippen molar-refractivity contribution in [2.45, 2.75) is 39.2 Å². The van der Waals surface area contributed by atoms with Crippen molar-refractivity contribution in [3.8, 4) is 11.1 Å². The summed E-state index contributed by atoms with van der Waals surface area (Å²) in [6.45, 7) is 6.23. The topological polar surface area (TPSA) is 20.2 Å². The molecule has 1 heteroatoms. The Morgan fingerprint density at radius 1 is 0.789 bits per heavy atom. The van der Waals surface area contributed by atoms with Crippen LogP contribution in [-0.4, -0.2) is 11.2 Å². The molecule has 2 aromatic carbocycles. The average molecular weight is 254 g/mol. The van der Waals surface area contributed by atoms with Gasteiger partial charge in [0.15, 0.2) is 0 Å². The van der Waals surface area contributed by atoms with Crippen LogP contribution in [0.2, 0.25) is 0 Å². The van der Waals surface area contributed by atoms with Crippen LogP contribution in [0.4, 0.5) is 0 Å². The van der Waals surface area contributed by atoms with E-state index in [1.54, 1.807) is 0 Å². The normalized spacial score (nSPS) is 12.7. The van der Waals surface area contributed by atoms with Crippen LogP contribution in [-0.2, 0) is 6.42 Å². The highest BCUT2D eigenvalue weighted by atomic mass is 16.3. The van der Waals surface area contributed by atoms with Crippen molar-refractivity contribution in [3.05, 3.63) is 59.7 Å². The fourth-order valence-corrected chi connectivity index (χ4v) is 2.23. The molecule has 19 heavy (non-hydrogen) atoms. The van der Waals surface area contributed by atoms with Crippen molar-refractivity contribution in [1.82, 2.24) is 0 Å². The van der Waals surface area contributed by atoms with E-state index in [9.17, 15) is 5.11 Å². The summed E-state index contributed by atoms with van der Waals surface area (Å²) >= 11 is 0. The predicted molar refractivity (Wildman–Crippen MR) is 81.4 cm³/mol. The molecule has 0 aromatic heterocycles. The lowest BCUT2D eigenvalue weighted by atomic mass is 9.98. The molecular formula is C18H22O. The Morgan fingerprint density at radius 2 is 1.26 bits per heavy atom. The minimum absolute atomic E-state index is 0.281. The van der Waals surface area contributed by atoms with Gasteiger partial charge in [-0.05, 0) is 41.5 Å². The van der Waals surface area contributed by atoms with E-state index in [1.807, 2.05) is 6.92 Å². The Balaban J connectivity index is 2.17. The van der Waals surface area contributed by atoms with E-state index in [1.165, 1.54) is 22.3 Å². The number of hydrogen-bond donors (Lipinski definition) is 1. The Hall–Kier alpha value is -1.60. The van der Waals surface area contributed by atoms with Gasteiger partial charge >= 0.3 is 0 Å². The first-order valence-corrected chi connectivity index (χ1v) is 6.93. The van der Waals surface area contributed by atoms with Crippen LogP contribution in [0.25, 0.3) is 11.1 Å². The van der Waals surface area contributed by atoms with E-state index < -0.39 is 0 Å². The Bertz CT molecular complexity index is 506. The summed E-state index contributed by atoms with van der Waals surface area (Å²) < 4.78 is 0. The third-order valence-electron chi connectivity index (χ3n) is 3.40. The summed E-state index contributed by atoms with van der Waals surface area (Å²) in [7, 11) is 0. The minimum atomic E-state index is -0.281. The second kappa shape index (κ2) is 6.03. The van der Waals surface area contributed by atoms with E-state index >= 15 is 0 Å². The number of rotatable bonds is 4. The summed E-state index contributed by atoms with van der Waals surface area (Å²) in [6, 6.07) is 17.2. The summed E-state index contributed by atoms with van der Waals surface area (Å²) in [5.74, 6) is 0.572. The molecule has 0 saturated carbocycles. The number of aliphatic hydroxyl groups excluding tert-OH is 1. The Kier molecular flexibility index (Phi) is 4.39. The summed E-state index contributed by atoms with van der Waals surface area (Å²) in [6.07, 6.45) is 0.434. The number of hydrogen-bond acceptors (Lipinski definition) is 1. The minimum Gasteiger partial charge on any atom is -0.393 e. The molecule has 2 rings (SSSR count). The lowest BCUT2D eigenvalue weighted by molar-refractivity contribution is 0.195. The monoisotopic (exact) mass is 254 g/mol. The zero-order chi connectivity index (χ0) is 13.8. The van der Waals surface area contributed by atoms with Gasteiger partial charge in [-0.3, -0.25) is 0 Å². The van der Waals surface area contributed by atoms with Crippen LogP contribution < -0.4 is 0 Å². The van der Waals surface area contributed by atoms with Gasteiger partial charge in [-0.1, -0.05) is 62.4 Å². The zero-order valence-electron chi connectivity index (χ0n) is 11.9. The van der Waals surface area contributed by atoms with Gasteiger partial charge in [-0.15, -0.1) is 0 Å². The number of benzene rings is 2. The van der Waals surface area contributed by atoms with Gasteiger partial charge in [0.2, 0.25) is 0 Å². The molecule has 0 saturated heterocycles. The molecular weight excluding hydrogens is 232 g/mol. The van der Waals surface area contributed by atoms with Crippen LogP contribution in [0.15, 0.2) is 48.5 Å². The summed E-state index contributed by atoms with van der Waals surface area (Å²) in [5.41, 5.74) is 5.02. The van der Waals surface area contributed by atoms with E-state index in [0.717, 1.165) is 0 Å². The Morgan fingerprint density at radius 3 is 1.68 bits per heavy atom. The van der Waals surface area contributed by atoms with E-state index in [4.69, 9.17) is 0 Å². The van der Waals surface area contributed by atoms with Crippen molar-refractivity contribution in [1.29, 1.82) is 0 Å². The molecule has 0 amide bonds. The molecule has 0 spiro atoms. The van der Waals surface area contributed by atoms with Crippen molar-refractivity contribution in [2.24, 2.45) is 0 Å². The molecule has 0 aliphatic heterocycles. The van der Waals surface area contributed by atoms with Gasteiger partial charge in [-0.25, -0.2) is 0 Å². The van der Waals surface area contributed by atoms with Crippen LogP contribution in [0, 0.1) is 0 Å². The van der Waals surface area contributed by atoms with Crippen molar-refractivity contribution in [2.75, 3.05) is 0 Å². The van der Waals surface area contributed by atoms with Gasteiger partial charge < -0.3 is 5.11 Å². The molecule has 0 aliphatic carbocycles. The summed E-state index contributed by atoms with van der Waals surface area (Å²) in [5, 5.41) is 9.37. The highest BCUT2D eigenvalue weighted by Gasteiger charge is 2.02. The van der Waals surface area contributed by atoms with Crippen LogP contribution >= 0.6 is 0 Å². The van der Waals surface area contributed by atoms with Crippen molar-refractivity contribution < 1.29 is 5.11 Å². The molecule has 1 unspecified atom stereocenters. The van der Waals surface area contributed by atoms with Gasteiger partial charge in [0.05, 0.1) is 6.10 Å². The standard InChI is InChI=1S/C18H22O/c1-13(2)16-8-10-18(11-9-16)17-6-4-15(5-7-17)12-14(3)19/h4-11,13-14,19H,12H2,1-3H3. The average Bonchev–Trinajstić information content (AvgIpc) is 2.39. The van der Waals surface area contributed by atoms with Crippen molar-refractivity contribution >= 4 is 0 Å². The molecule has 1 atom stereocenters. The highest BCUT2D eigenvalue weighted by molar-refractivity contribution is 5.64. The third-order valence-corrected chi connectivity index (χ3v) is 3.40. The second-order valence-corrected chi connectivity index (χ2v) is 5.53. The van der Waals surface area contributed by atoms with Crippen LogP contribution in [0.5, 0.6) is 0 Å². The van der Waals surface area contributed by atoms with Crippen LogP contribution in [0.3, 0.4) is 0 Å². The maximum Gasteiger partial charge on any atom is 0.0552 e. The van der Waals surface area contributed by atoms with E-state index in [-0.39, 0.29) is 6.10 Å². The first-order valence-electron chi connectivity index (χ1n) is 6.93. The molecule has 1 nitrogen and oxygen atoms in total. The van der Waals surface area contributed by atoms with Gasteiger partial charge in [0.1, 0.15) is 0 Å². The van der Waals surface area contributed by atoms with E-state index in [0.29, 0.717) is 12.3 Å². The van der Waals surface area contributed by atoms with Crippen LogP contribution in [0.1, 0.15) is 37.8 Å². The fraction of sp³-hybridized carbons (Fsp3) is 0.333. The first-order chi connectivity index (χ1) is 9.06. The quantitative estimate of drug-likeness (QED) is 0.857. The molecule has 0 bridgehead atoms. The lowest BCUT2D eigenvalue weighted by Crippen LogP contribution is -2.03. The predicted octanol–water partition coefficient (Wildman–Crippen LogP) is 4.40. The summed E-state index contributed by atoms with van der Waals surface area (Å²) in [4.78, 5) is 0. The molecule has 0 aliphatic rings. The molecule has 0 radical (unpaired) electrons. The number of aliphatic hydroxyl groups is 1. The maximum atomic E-state index is 9.37. The SMILES string of the molecule is CC(O)Cc1ccc(-c2ccc(C(C)C)cc2)cc1. The van der Waals surface area contributed by atoms with Gasteiger partial charge in [-0.2, -0.15) is 0 Å². The van der Waals surface area contributed by atoms with Crippen molar-refractivity contribution in [3.63, 3.8) is 0 Å². The third kappa shape index (κ3) is 3.68. The molecule has 1 N–H and O–H groups in total. The van der Waals surface area contributed by atoms with E-state index in [2.05, 4.69) is 62.4 Å². The zero-order valence-corrected chi connectivity index (χ0v) is 11.9. The van der Waals surface area contributed by atoms with Gasteiger partial charge in [0.25, 0.3) is 0 Å². The molecule has 0 heterocycles. The molecule has 100 valence electrons. The fourth-order valence-electron chi connectivity index (χ4n) is 2.23. The second-order valence-electron chi connectivity index (χ2n) is 5.53. The smallest absolute Gasteiger partial charge is 0.0552 e. The molecule has 2 aromatic rings.